The maximum atomic E-state index is 12.3. The molecule has 8 heteroatoms. The molecule has 2 atom stereocenters. The highest BCUT2D eigenvalue weighted by Crippen LogP contribution is 2.16. The Bertz CT molecular complexity index is 628. The van der Waals surface area contributed by atoms with Crippen molar-refractivity contribution < 1.29 is 38.6 Å². The molecule has 2 N–H and O–H groups in total. The fourth-order valence-corrected chi connectivity index (χ4v) is 3.61. The number of allylic oxidation sites excluding steroid dienone is 1. The Hall–Kier alpha value is -1.93. The number of carboxylic acids is 1. The predicted molar refractivity (Wildman–Crippen MR) is 141 cm³/mol. The lowest BCUT2D eigenvalue weighted by Gasteiger charge is -2.23. The zero-order valence-corrected chi connectivity index (χ0v) is 23.2. The van der Waals surface area contributed by atoms with Crippen LogP contribution in [0.3, 0.4) is 0 Å². The van der Waals surface area contributed by atoms with Gasteiger partial charge in [0.15, 0.2) is 0 Å². The number of unbranched alkanes of at least 4 members (excludes halogenated alkanes) is 7. The maximum absolute atomic E-state index is 12.3. The normalized spacial score (nSPS) is 13.5. The second-order valence-corrected chi connectivity index (χ2v) is 10.6. The number of aliphatic carboxylic acids is 1. The summed E-state index contributed by atoms with van der Waals surface area (Å²) >= 11 is 0. The van der Waals surface area contributed by atoms with Crippen molar-refractivity contribution in [3.05, 3.63) is 12.2 Å². The Kier molecular flexibility index (Phi) is 20.0. The van der Waals surface area contributed by atoms with Gasteiger partial charge in [-0.1, -0.05) is 51.2 Å². The third-order valence-electron chi connectivity index (χ3n) is 5.90. The predicted octanol–water partition coefficient (Wildman–Crippen LogP) is 5.02. The lowest BCUT2D eigenvalue weighted by molar-refractivity contribution is -0.870. The number of hydrogen-bond donors (Lipinski definition) is 2. The molecule has 0 aromatic heterocycles. The number of aliphatic hydroxyl groups is 1. The monoisotopic (exact) mass is 514 g/mol. The fourth-order valence-electron chi connectivity index (χ4n) is 3.61. The summed E-state index contributed by atoms with van der Waals surface area (Å²) < 4.78 is 11.5. The van der Waals surface area contributed by atoms with Crippen molar-refractivity contribution in [2.75, 3.05) is 34.3 Å². The second-order valence-electron chi connectivity index (χ2n) is 10.6. The number of carbonyl (C=O) groups excluding carboxylic acids is 2. The van der Waals surface area contributed by atoms with E-state index < -0.39 is 18.2 Å². The molecule has 0 aromatic carbocycles. The molecule has 0 saturated heterocycles. The Labute approximate surface area is 218 Å². The van der Waals surface area contributed by atoms with Crippen LogP contribution in [-0.4, -0.2) is 79.1 Å². The van der Waals surface area contributed by atoms with Crippen molar-refractivity contribution >= 4 is 17.9 Å². The van der Waals surface area contributed by atoms with Crippen LogP contribution in [0.5, 0.6) is 0 Å². The van der Waals surface area contributed by atoms with Crippen LogP contribution >= 0.6 is 0 Å². The molecule has 0 aliphatic heterocycles. The molecule has 0 aliphatic rings. The quantitative estimate of drug-likeness (QED) is 0.0852. The van der Waals surface area contributed by atoms with Gasteiger partial charge in [0.2, 0.25) is 0 Å². The number of rotatable bonds is 23. The van der Waals surface area contributed by atoms with Crippen LogP contribution in [0.2, 0.25) is 0 Å². The van der Waals surface area contributed by atoms with Crippen molar-refractivity contribution in [2.24, 2.45) is 0 Å². The minimum absolute atomic E-state index is 0.129. The van der Waals surface area contributed by atoms with E-state index in [1.54, 1.807) is 0 Å². The van der Waals surface area contributed by atoms with Crippen molar-refractivity contribution in [3.63, 3.8) is 0 Å². The van der Waals surface area contributed by atoms with Crippen LogP contribution in [0, 0.1) is 0 Å². The fraction of sp³-hybridized carbons (Fsp3) is 0.821. The molecule has 0 bridgehead atoms. The van der Waals surface area contributed by atoms with Gasteiger partial charge in [0.05, 0.1) is 27.2 Å². The molecule has 0 fully saturated rings. The van der Waals surface area contributed by atoms with Gasteiger partial charge >= 0.3 is 17.9 Å². The summed E-state index contributed by atoms with van der Waals surface area (Å²) in [4.78, 5) is 34.7. The summed E-state index contributed by atoms with van der Waals surface area (Å²) in [5, 5.41) is 19.3. The average molecular weight is 515 g/mol. The number of carbonyl (C=O) groups is 3. The average Bonchev–Trinajstić information content (AvgIpc) is 2.78. The number of nitrogens with zero attached hydrogens (tertiary/aromatic N) is 1. The summed E-state index contributed by atoms with van der Waals surface area (Å²) in [7, 11) is 6.09. The standard InChI is InChI=1S/C28H51NO7/c1-5-6-13-18-25(24(30)17-14-11-9-7-8-10-12-15-19-26(31)32)36-28(34)21-16-20-27(33)35-23-22-29(2,3)4/h11,14,24-25,30H,5-10,12-13,15-23H2,1-4H3/p+1/b14-11-. The molecule has 0 saturated carbocycles. The first-order valence-electron chi connectivity index (χ1n) is 13.8. The molecular formula is C28H52NO7+. The summed E-state index contributed by atoms with van der Waals surface area (Å²) in [5.74, 6) is -1.43. The summed E-state index contributed by atoms with van der Waals surface area (Å²) in [6.07, 6.45) is 13.3. The molecule has 2 unspecified atom stereocenters. The highest BCUT2D eigenvalue weighted by atomic mass is 16.6. The van der Waals surface area contributed by atoms with Gasteiger partial charge in [0.25, 0.3) is 0 Å². The van der Waals surface area contributed by atoms with Crippen molar-refractivity contribution in [1.82, 2.24) is 0 Å². The van der Waals surface area contributed by atoms with Crippen LogP contribution in [0.4, 0.5) is 0 Å². The molecular weight excluding hydrogens is 462 g/mol. The molecule has 0 aliphatic carbocycles. The number of hydrogen-bond acceptors (Lipinski definition) is 6. The number of carboxylic acid groups (broad SMARTS) is 1. The summed E-state index contributed by atoms with van der Waals surface area (Å²) in [6.45, 7) is 3.19. The van der Waals surface area contributed by atoms with Crippen molar-refractivity contribution in [2.45, 2.75) is 115 Å². The number of esters is 2. The van der Waals surface area contributed by atoms with Crippen LogP contribution in [-0.2, 0) is 23.9 Å². The summed E-state index contributed by atoms with van der Waals surface area (Å²) in [5.41, 5.74) is 0. The van der Waals surface area contributed by atoms with Crippen molar-refractivity contribution in [3.8, 4) is 0 Å². The highest BCUT2D eigenvalue weighted by Gasteiger charge is 2.22. The highest BCUT2D eigenvalue weighted by molar-refractivity contribution is 5.72. The zero-order chi connectivity index (χ0) is 27.2. The lowest BCUT2D eigenvalue weighted by atomic mass is 10.0. The second kappa shape index (κ2) is 21.2. The number of aliphatic hydroxyl groups excluding tert-OH is 1. The van der Waals surface area contributed by atoms with Gasteiger partial charge in [-0.2, -0.15) is 0 Å². The zero-order valence-electron chi connectivity index (χ0n) is 23.2. The molecule has 0 spiro atoms. The largest absolute Gasteiger partial charge is 0.481 e. The van der Waals surface area contributed by atoms with E-state index >= 15 is 0 Å². The van der Waals surface area contributed by atoms with E-state index in [4.69, 9.17) is 14.6 Å². The van der Waals surface area contributed by atoms with E-state index in [2.05, 4.69) is 13.0 Å². The van der Waals surface area contributed by atoms with E-state index in [1.807, 2.05) is 27.2 Å². The third-order valence-corrected chi connectivity index (χ3v) is 5.90. The first-order valence-corrected chi connectivity index (χ1v) is 13.8. The van der Waals surface area contributed by atoms with Crippen LogP contribution in [0.1, 0.15) is 103 Å². The molecule has 0 aromatic rings. The molecule has 36 heavy (non-hydrogen) atoms. The SMILES string of the molecule is CCCCCC(OC(=O)CCCC(=O)OCC[N+](C)(C)C)C(O)C/C=C\CCCCCCCC(=O)O. The lowest BCUT2D eigenvalue weighted by Crippen LogP contribution is -2.38. The number of quaternary nitrogens is 1. The van der Waals surface area contributed by atoms with Gasteiger partial charge in [-0.25, -0.2) is 0 Å². The topological polar surface area (TPSA) is 110 Å². The van der Waals surface area contributed by atoms with E-state index in [9.17, 15) is 19.5 Å². The number of likely N-dealkylation sites (N-methyl/N-ethyl adjacent to an activating group) is 1. The van der Waals surface area contributed by atoms with Gasteiger partial charge in [0.1, 0.15) is 19.3 Å². The van der Waals surface area contributed by atoms with E-state index in [0.717, 1.165) is 64.3 Å². The van der Waals surface area contributed by atoms with Gasteiger partial charge < -0.3 is 24.2 Å². The van der Waals surface area contributed by atoms with Crippen LogP contribution in [0.25, 0.3) is 0 Å². The van der Waals surface area contributed by atoms with Crippen LogP contribution in [0.15, 0.2) is 12.2 Å². The molecule has 0 amide bonds. The first-order chi connectivity index (χ1) is 17.0. The first kappa shape index (κ1) is 34.1. The Morgan fingerprint density at radius 1 is 0.833 bits per heavy atom. The van der Waals surface area contributed by atoms with Gasteiger partial charge in [-0.15, -0.1) is 0 Å². The number of ether oxygens (including phenoxy) is 2. The van der Waals surface area contributed by atoms with Crippen molar-refractivity contribution in [1.29, 1.82) is 0 Å². The molecule has 0 radical (unpaired) electrons. The summed E-state index contributed by atoms with van der Waals surface area (Å²) in [6, 6.07) is 0. The van der Waals surface area contributed by atoms with E-state index in [-0.39, 0.29) is 31.2 Å². The minimum Gasteiger partial charge on any atom is -0.481 e. The van der Waals surface area contributed by atoms with Crippen LogP contribution < -0.4 is 0 Å². The van der Waals surface area contributed by atoms with E-state index in [1.165, 1.54) is 0 Å². The Morgan fingerprint density at radius 3 is 2.17 bits per heavy atom. The Morgan fingerprint density at radius 2 is 1.50 bits per heavy atom. The maximum Gasteiger partial charge on any atom is 0.306 e. The minimum atomic E-state index is -0.751. The van der Waals surface area contributed by atoms with Gasteiger partial charge in [0, 0.05) is 19.3 Å². The molecule has 0 heterocycles. The van der Waals surface area contributed by atoms with Gasteiger partial charge in [-0.05, 0) is 44.9 Å². The van der Waals surface area contributed by atoms with E-state index in [0.29, 0.717) is 30.4 Å². The molecule has 8 nitrogen and oxygen atoms in total. The van der Waals surface area contributed by atoms with Gasteiger partial charge in [-0.3, -0.25) is 14.4 Å². The molecule has 0 rings (SSSR count). The molecule has 210 valence electrons. The Balaban J connectivity index is 4.26. The smallest absolute Gasteiger partial charge is 0.306 e. The third kappa shape index (κ3) is 22.5.